The smallest absolute Gasteiger partial charge is 0.167 e. The first-order valence-corrected chi connectivity index (χ1v) is 6.18. The molecule has 0 bridgehead atoms. The first kappa shape index (κ1) is 11.5. The van der Waals surface area contributed by atoms with E-state index in [1.165, 1.54) is 25.7 Å². The van der Waals surface area contributed by atoms with Gasteiger partial charge in [0.25, 0.3) is 0 Å². The molecule has 2 N–H and O–H groups in total. The van der Waals surface area contributed by atoms with Gasteiger partial charge in [0.05, 0.1) is 6.04 Å². The molecule has 1 aromatic rings. The third-order valence-electron chi connectivity index (χ3n) is 3.53. The molecule has 1 fully saturated rings. The average molecular weight is 223 g/mol. The Morgan fingerprint density at radius 2 is 2.06 bits per heavy atom. The minimum Gasteiger partial charge on any atom is -0.322 e. The molecular weight excluding hydrogens is 202 g/mol. The molecule has 1 aromatic heterocycles. The van der Waals surface area contributed by atoms with Crippen LogP contribution in [0, 0.1) is 11.8 Å². The maximum Gasteiger partial charge on any atom is 0.167 e. The van der Waals surface area contributed by atoms with Gasteiger partial charge in [-0.2, -0.15) is 0 Å². The molecule has 5 heteroatoms. The Morgan fingerprint density at radius 1 is 1.38 bits per heavy atom. The summed E-state index contributed by atoms with van der Waals surface area (Å²) in [7, 11) is 0. The highest BCUT2D eigenvalue weighted by molar-refractivity contribution is 4.88. The maximum absolute atomic E-state index is 5.82. The average Bonchev–Trinajstić information content (AvgIpc) is 2.69. The molecule has 0 radical (unpaired) electrons. The number of tetrazole rings is 1. The van der Waals surface area contributed by atoms with Crippen LogP contribution < -0.4 is 5.73 Å². The second kappa shape index (κ2) is 4.91. The molecule has 1 aliphatic carbocycles. The van der Waals surface area contributed by atoms with Gasteiger partial charge in [-0.1, -0.05) is 19.8 Å². The van der Waals surface area contributed by atoms with E-state index in [1.54, 1.807) is 0 Å². The number of aromatic nitrogens is 4. The Kier molecular flexibility index (Phi) is 3.53. The molecule has 1 atom stereocenters. The largest absolute Gasteiger partial charge is 0.322 e. The van der Waals surface area contributed by atoms with Crippen molar-refractivity contribution in [3.63, 3.8) is 0 Å². The Morgan fingerprint density at radius 3 is 2.69 bits per heavy atom. The van der Waals surface area contributed by atoms with Crippen molar-refractivity contribution in [3.8, 4) is 0 Å². The summed E-state index contributed by atoms with van der Waals surface area (Å²) in [5.41, 5.74) is 5.82. The SMILES string of the molecule is CC1CCC(Cn2nnnc2C(C)N)CC1. The molecule has 1 saturated carbocycles. The molecule has 5 nitrogen and oxygen atoms in total. The van der Waals surface area contributed by atoms with Crippen LogP contribution in [0.5, 0.6) is 0 Å². The maximum atomic E-state index is 5.82. The molecule has 2 rings (SSSR count). The summed E-state index contributed by atoms with van der Waals surface area (Å²) < 4.78 is 1.88. The van der Waals surface area contributed by atoms with Crippen LogP contribution in [0.3, 0.4) is 0 Å². The fourth-order valence-electron chi connectivity index (χ4n) is 2.42. The first-order valence-electron chi connectivity index (χ1n) is 6.18. The Labute approximate surface area is 96.4 Å². The van der Waals surface area contributed by atoms with Crippen molar-refractivity contribution >= 4 is 0 Å². The quantitative estimate of drug-likeness (QED) is 0.843. The minimum atomic E-state index is -0.0856. The molecule has 0 spiro atoms. The molecule has 0 amide bonds. The van der Waals surface area contributed by atoms with Gasteiger partial charge in [0.2, 0.25) is 0 Å². The third kappa shape index (κ3) is 2.58. The monoisotopic (exact) mass is 223 g/mol. The zero-order valence-electron chi connectivity index (χ0n) is 10.1. The van der Waals surface area contributed by atoms with Gasteiger partial charge < -0.3 is 5.73 Å². The lowest BCUT2D eigenvalue weighted by atomic mass is 9.83. The fourth-order valence-corrected chi connectivity index (χ4v) is 2.42. The number of nitrogens with zero attached hydrogens (tertiary/aromatic N) is 4. The number of rotatable bonds is 3. The summed E-state index contributed by atoms with van der Waals surface area (Å²) in [4.78, 5) is 0. The van der Waals surface area contributed by atoms with Gasteiger partial charge in [0.1, 0.15) is 0 Å². The van der Waals surface area contributed by atoms with E-state index in [0.717, 1.165) is 24.2 Å². The summed E-state index contributed by atoms with van der Waals surface area (Å²) in [5, 5.41) is 11.7. The van der Waals surface area contributed by atoms with Gasteiger partial charge >= 0.3 is 0 Å². The van der Waals surface area contributed by atoms with Gasteiger partial charge in [-0.25, -0.2) is 4.68 Å². The lowest BCUT2D eigenvalue weighted by Gasteiger charge is -2.26. The topological polar surface area (TPSA) is 69.6 Å². The number of hydrogen-bond acceptors (Lipinski definition) is 4. The van der Waals surface area contributed by atoms with E-state index in [2.05, 4.69) is 22.4 Å². The van der Waals surface area contributed by atoms with Gasteiger partial charge in [0, 0.05) is 6.54 Å². The molecule has 1 heterocycles. The zero-order valence-corrected chi connectivity index (χ0v) is 10.1. The molecule has 1 aliphatic rings. The van der Waals surface area contributed by atoms with Crippen molar-refractivity contribution < 1.29 is 0 Å². The van der Waals surface area contributed by atoms with Gasteiger partial charge in [-0.05, 0) is 42.0 Å². The standard InChI is InChI=1S/C11H21N5/c1-8-3-5-10(6-4-8)7-16-11(9(2)12)13-14-15-16/h8-10H,3-7,12H2,1-2H3. The normalized spacial score (nSPS) is 27.9. The predicted molar refractivity (Wildman–Crippen MR) is 61.5 cm³/mol. The van der Waals surface area contributed by atoms with E-state index >= 15 is 0 Å². The lowest BCUT2D eigenvalue weighted by Crippen LogP contribution is -2.22. The second-order valence-corrected chi connectivity index (χ2v) is 5.13. The van der Waals surface area contributed by atoms with Crippen molar-refractivity contribution in [3.05, 3.63) is 5.82 Å². The molecule has 90 valence electrons. The van der Waals surface area contributed by atoms with E-state index in [-0.39, 0.29) is 6.04 Å². The Bertz CT molecular complexity index is 325. The van der Waals surface area contributed by atoms with Crippen LogP contribution in [0.2, 0.25) is 0 Å². The Balaban J connectivity index is 1.96. The first-order chi connectivity index (χ1) is 7.66. The fraction of sp³-hybridized carbons (Fsp3) is 0.909. The minimum absolute atomic E-state index is 0.0856. The number of hydrogen-bond donors (Lipinski definition) is 1. The van der Waals surface area contributed by atoms with Gasteiger partial charge in [-0.15, -0.1) is 5.10 Å². The summed E-state index contributed by atoms with van der Waals surface area (Å²) >= 11 is 0. The highest BCUT2D eigenvalue weighted by Crippen LogP contribution is 2.29. The molecule has 1 unspecified atom stereocenters. The van der Waals surface area contributed by atoms with Crippen molar-refractivity contribution in [1.29, 1.82) is 0 Å². The molecule has 0 saturated heterocycles. The van der Waals surface area contributed by atoms with Crippen molar-refractivity contribution in [1.82, 2.24) is 20.2 Å². The van der Waals surface area contributed by atoms with E-state index in [4.69, 9.17) is 5.73 Å². The van der Waals surface area contributed by atoms with Crippen LogP contribution >= 0.6 is 0 Å². The van der Waals surface area contributed by atoms with E-state index < -0.39 is 0 Å². The van der Waals surface area contributed by atoms with Crippen LogP contribution in [0.25, 0.3) is 0 Å². The third-order valence-corrected chi connectivity index (χ3v) is 3.53. The molecule has 0 aliphatic heterocycles. The zero-order chi connectivity index (χ0) is 11.5. The number of nitrogens with two attached hydrogens (primary N) is 1. The highest BCUT2D eigenvalue weighted by Gasteiger charge is 2.20. The summed E-state index contributed by atoms with van der Waals surface area (Å²) in [5.74, 6) is 2.41. The molecule has 16 heavy (non-hydrogen) atoms. The van der Waals surface area contributed by atoms with Crippen molar-refractivity contribution in [2.24, 2.45) is 17.6 Å². The second-order valence-electron chi connectivity index (χ2n) is 5.13. The summed E-state index contributed by atoms with van der Waals surface area (Å²) in [6.07, 6.45) is 5.25. The molecule has 0 aromatic carbocycles. The van der Waals surface area contributed by atoms with E-state index in [1.807, 2.05) is 11.6 Å². The van der Waals surface area contributed by atoms with Gasteiger partial charge in [0.15, 0.2) is 5.82 Å². The lowest BCUT2D eigenvalue weighted by molar-refractivity contribution is 0.253. The highest BCUT2D eigenvalue weighted by atomic mass is 15.5. The predicted octanol–water partition coefficient (Wildman–Crippen LogP) is 1.52. The van der Waals surface area contributed by atoms with E-state index in [0.29, 0.717) is 0 Å². The van der Waals surface area contributed by atoms with Crippen molar-refractivity contribution in [2.45, 2.75) is 52.1 Å². The van der Waals surface area contributed by atoms with Gasteiger partial charge in [-0.3, -0.25) is 0 Å². The summed E-state index contributed by atoms with van der Waals surface area (Å²) in [6, 6.07) is -0.0856. The van der Waals surface area contributed by atoms with Crippen LogP contribution in [0.1, 0.15) is 51.4 Å². The Hall–Kier alpha value is -0.970. The molecular formula is C11H21N5. The van der Waals surface area contributed by atoms with Crippen LogP contribution in [-0.2, 0) is 6.54 Å². The van der Waals surface area contributed by atoms with Crippen LogP contribution in [-0.4, -0.2) is 20.2 Å². The summed E-state index contributed by atoms with van der Waals surface area (Å²) in [6.45, 7) is 5.18. The van der Waals surface area contributed by atoms with Crippen LogP contribution in [0.15, 0.2) is 0 Å². The van der Waals surface area contributed by atoms with Crippen LogP contribution in [0.4, 0.5) is 0 Å². The van der Waals surface area contributed by atoms with Crippen molar-refractivity contribution in [2.75, 3.05) is 0 Å². The van der Waals surface area contributed by atoms with E-state index in [9.17, 15) is 0 Å².